The van der Waals surface area contributed by atoms with Gasteiger partial charge in [-0.1, -0.05) is 61.5 Å². The second-order valence-corrected chi connectivity index (χ2v) is 7.34. The van der Waals surface area contributed by atoms with Crippen molar-refractivity contribution in [2.24, 2.45) is 0 Å². The van der Waals surface area contributed by atoms with Crippen LogP contribution in [0.3, 0.4) is 0 Å². The van der Waals surface area contributed by atoms with E-state index in [1.165, 1.54) is 0 Å². The summed E-state index contributed by atoms with van der Waals surface area (Å²) >= 11 is 1.56. The third-order valence-electron chi connectivity index (χ3n) is 4.27. The lowest BCUT2D eigenvalue weighted by atomic mass is 10.1. The summed E-state index contributed by atoms with van der Waals surface area (Å²) in [5.41, 5.74) is 0.966. The summed E-state index contributed by atoms with van der Waals surface area (Å²) in [6.45, 7) is 1.47. The van der Waals surface area contributed by atoms with Gasteiger partial charge in [-0.2, -0.15) is 0 Å². The van der Waals surface area contributed by atoms with Crippen molar-refractivity contribution in [2.45, 2.75) is 25.5 Å². The first-order valence-corrected chi connectivity index (χ1v) is 10.3. The standard InChI is InChI=1S/C23H23NO4S/c1-2-19(28-18-12-7-4-8-13-18)23(26)27-16-21(25)24-22(20-14-9-15-29-20)17-10-5-3-6-11-17/h3-15,19,22H,2,16H2,1H3,(H,24,25)/t19-,22+/m0/s1. The second kappa shape index (κ2) is 10.4. The number of para-hydroxylation sites is 1. The van der Waals surface area contributed by atoms with E-state index in [1.807, 2.05) is 73.0 Å². The van der Waals surface area contributed by atoms with Crippen LogP contribution < -0.4 is 10.1 Å². The molecule has 5 nitrogen and oxygen atoms in total. The van der Waals surface area contributed by atoms with Crippen molar-refractivity contribution in [2.75, 3.05) is 6.61 Å². The predicted molar refractivity (Wildman–Crippen MR) is 113 cm³/mol. The van der Waals surface area contributed by atoms with Crippen LogP contribution in [0.15, 0.2) is 78.2 Å². The van der Waals surface area contributed by atoms with Crippen molar-refractivity contribution in [1.82, 2.24) is 5.32 Å². The van der Waals surface area contributed by atoms with E-state index >= 15 is 0 Å². The Balaban J connectivity index is 1.58. The highest BCUT2D eigenvalue weighted by Gasteiger charge is 2.23. The molecule has 0 bridgehead atoms. The number of nitrogens with one attached hydrogen (secondary N) is 1. The molecule has 3 rings (SSSR count). The molecule has 2 atom stereocenters. The van der Waals surface area contributed by atoms with Gasteiger partial charge in [0.1, 0.15) is 5.75 Å². The van der Waals surface area contributed by atoms with Gasteiger partial charge in [-0.25, -0.2) is 4.79 Å². The van der Waals surface area contributed by atoms with Crippen LogP contribution in [-0.2, 0) is 14.3 Å². The fourth-order valence-electron chi connectivity index (χ4n) is 2.81. The smallest absolute Gasteiger partial charge is 0.347 e. The van der Waals surface area contributed by atoms with Crippen LogP contribution in [0.2, 0.25) is 0 Å². The molecule has 0 fully saturated rings. The van der Waals surface area contributed by atoms with Gasteiger partial charge < -0.3 is 14.8 Å². The predicted octanol–water partition coefficient (Wildman–Crippen LogP) is 4.35. The lowest BCUT2D eigenvalue weighted by Crippen LogP contribution is -2.35. The monoisotopic (exact) mass is 409 g/mol. The zero-order valence-electron chi connectivity index (χ0n) is 16.1. The Hall–Kier alpha value is -3.12. The SMILES string of the molecule is CC[C@H](Oc1ccccc1)C(=O)OCC(=O)N[C@H](c1ccccc1)c1cccs1. The Labute approximate surface area is 174 Å². The Morgan fingerprint density at radius 2 is 1.66 bits per heavy atom. The number of hydrogen-bond donors (Lipinski definition) is 1. The van der Waals surface area contributed by atoms with Gasteiger partial charge in [0, 0.05) is 4.88 Å². The largest absolute Gasteiger partial charge is 0.479 e. The normalized spacial score (nSPS) is 12.6. The summed E-state index contributed by atoms with van der Waals surface area (Å²) in [6.07, 6.45) is -0.315. The van der Waals surface area contributed by atoms with Crippen LogP contribution in [-0.4, -0.2) is 24.6 Å². The van der Waals surface area contributed by atoms with Gasteiger partial charge in [0.15, 0.2) is 12.7 Å². The average molecular weight is 410 g/mol. The molecule has 1 heterocycles. The Bertz CT molecular complexity index is 897. The molecule has 6 heteroatoms. The maximum absolute atomic E-state index is 12.5. The molecular weight excluding hydrogens is 386 g/mol. The Kier molecular flexibility index (Phi) is 7.41. The number of carbonyl (C=O) groups excluding carboxylic acids is 2. The molecule has 1 N–H and O–H groups in total. The van der Waals surface area contributed by atoms with Gasteiger partial charge in [-0.3, -0.25) is 4.79 Å². The van der Waals surface area contributed by atoms with Gasteiger partial charge in [-0.15, -0.1) is 11.3 Å². The molecule has 0 spiro atoms. The molecule has 2 aromatic carbocycles. The molecule has 0 aliphatic rings. The molecule has 0 radical (unpaired) electrons. The van der Waals surface area contributed by atoms with Crippen LogP contribution in [0.4, 0.5) is 0 Å². The molecule has 0 saturated carbocycles. The maximum Gasteiger partial charge on any atom is 0.347 e. The van der Waals surface area contributed by atoms with E-state index in [1.54, 1.807) is 23.5 Å². The fraction of sp³-hybridized carbons (Fsp3) is 0.217. The molecule has 29 heavy (non-hydrogen) atoms. The van der Waals surface area contributed by atoms with Crippen molar-refractivity contribution < 1.29 is 19.1 Å². The number of rotatable bonds is 9. The van der Waals surface area contributed by atoms with E-state index < -0.39 is 12.1 Å². The summed E-state index contributed by atoms with van der Waals surface area (Å²) < 4.78 is 10.9. The van der Waals surface area contributed by atoms with Crippen LogP contribution in [0, 0.1) is 0 Å². The summed E-state index contributed by atoms with van der Waals surface area (Å²) in [7, 11) is 0. The number of hydrogen-bond acceptors (Lipinski definition) is 5. The zero-order valence-corrected chi connectivity index (χ0v) is 16.9. The van der Waals surface area contributed by atoms with E-state index in [0.717, 1.165) is 10.4 Å². The lowest BCUT2D eigenvalue weighted by molar-refractivity contribution is -0.155. The molecular formula is C23H23NO4S. The van der Waals surface area contributed by atoms with E-state index in [9.17, 15) is 9.59 Å². The van der Waals surface area contributed by atoms with Gasteiger partial charge in [-0.05, 0) is 35.6 Å². The number of esters is 1. The average Bonchev–Trinajstić information content (AvgIpc) is 3.30. The summed E-state index contributed by atoms with van der Waals surface area (Å²) in [4.78, 5) is 25.8. The molecule has 1 aromatic heterocycles. The first-order chi connectivity index (χ1) is 14.2. The quantitative estimate of drug-likeness (QED) is 0.534. The van der Waals surface area contributed by atoms with E-state index in [-0.39, 0.29) is 18.6 Å². The van der Waals surface area contributed by atoms with Crippen LogP contribution >= 0.6 is 11.3 Å². The molecule has 3 aromatic rings. The highest BCUT2D eigenvalue weighted by atomic mass is 32.1. The number of benzene rings is 2. The van der Waals surface area contributed by atoms with Gasteiger partial charge in [0.05, 0.1) is 6.04 Å². The summed E-state index contributed by atoms with van der Waals surface area (Å²) in [6, 6.07) is 22.4. The Morgan fingerprint density at radius 1 is 0.966 bits per heavy atom. The fourth-order valence-corrected chi connectivity index (χ4v) is 3.62. The van der Waals surface area contributed by atoms with E-state index in [0.29, 0.717) is 12.2 Å². The van der Waals surface area contributed by atoms with Crippen LogP contribution in [0.5, 0.6) is 5.75 Å². The zero-order chi connectivity index (χ0) is 20.5. The molecule has 1 amide bonds. The molecule has 0 unspecified atom stereocenters. The molecule has 0 aliphatic carbocycles. The van der Waals surface area contributed by atoms with Crippen molar-refractivity contribution in [3.05, 3.63) is 88.6 Å². The third-order valence-corrected chi connectivity index (χ3v) is 5.20. The van der Waals surface area contributed by atoms with Gasteiger partial charge in [0.25, 0.3) is 5.91 Å². The van der Waals surface area contributed by atoms with Crippen molar-refractivity contribution in [3.63, 3.8) is 0 Å². The number of amides is 1. The molecule has 150 valence electrons. The first-order valence-electron chi connectivity index (χ1n) is 9.43. The van der Waals surface area contributed by atoms with Gasteiger partial charge >= 0.3 is 5.97 Å². The van der Waals surface area contributed by atoms with E-state index in [2.05, 4.69) is 5.32 Å². The number of thiophene rings is 1. The maximum atomic E-state index is 12.5. The second-order valence-electron chi connectivity index (χ2n) is 6.36. The number of ether oxygens (including phenoxy) is 2. The molecule has 0 aliphatic heterocycles. The molecule has 0 saturated heterocycles. The third kappa shape index (κ3) is 5.93. The number of carbonyl (C=O) groups is 2. The minimum atomic E-state index is -0.757. The minimum absolute atomic E-state index is 0.287. The van der Waals surface area contributed by atoms with Gasteiger partial charge in [0.2, 0.25) is 0 Å². The Morgan fingerprint density at radius 3 is 2.28 bits per heavy atom. The highest BCUT2D eigenvalue weighted by molar-refractivity contribution is 7.10. The first kappa shape index (κ1) is 20.6. The minimum Gasteiger partial charge on any atom is -0.479 e. The van der Waals surface area contributed by atoms with E-state index in [4.69, 9.17) is 9.47 Å². The highest BCUT2D eigenvalue weighted by Crippen LogP contribution is 2.25. The summed E-state index contributed by atoms with van der Waals surface area (Å²) in [5, 5.41) is 4.91. The van der Waals surface area contributed by atoms with Crippen molar-refractivity contribution in [1.29, 1.82) is 0 Å². The van der Waals surface area contributed by atoms with Crippen molar-refractivity contribution >= 4 is 23.2 Å². The van der Waals surface area contributed by atoms with Crippen molar-refractivity contribution in [3.8, 4) is 5.75 Å². The lowest BCUT2D eigenvalue weighted by Gasteiger charge is -2.19. The van der Waals surface area contributed by atoms with Crippen LogP contribution in [0.1, 0.15) is 29.8 Å². The topological polar surface area (TPSA) is 64.6 Å². The van der Waals surface area contributed by atoms with Crippen LogP contribution in [0.25, 0.3) is 0 Å². The summed E-state index contributed by atoms with van der Waals surface area (Å²) in [5.74, 6) is -0.336.